The van der Waals surface area contributed by atoms with Gasteiger partial charge in [0, 0.05) is 19.0 Å². The van der Waals surface area contributed by atoms with Gasteiger partial charge in [-0.1, -0.05) is 58.9 Å². The van der Waals surface area contributed by atoms with E-state index in [1.165, 1.54) is 10.2 Å². The number of hydrogen-bond acceptors (Lipinski definition) is 2. The third kappa shape index (κ3) is 4.27. The van der Waals surface area contributed by atoms with Crippen LogP contribution in [0.3, 0.4) is 0 Å². The number of rotatable bonds is 5. The lowest BCUT2D eigenvalue weighted by molar-refractivity contribution is 0.0936. The van der Waals surface area contributed by atoms with Crippen LogP contribution in [0, 0.1) is 5.82 Å². The van der Waals surface area contributed by atoms with E-state index >= 15 is 0 Å². The average Bonchev–Trinajstić information content (AvgIpc) is 2.89. The van der Waals surface area contributed by atoms with Crippen molar-refractivity contribution in [2.45, 2.75) is 66.0 Å². The third-order valence-electron chi connectivity index (χ3n) is 4.25. The Hall–Kier alpha value is -2.17. The molecule has 1 aromatic carbocycles. The van der Waals surface area contributed by atoms with Crippen molar-refractivity contribution >= 4 is 5.91 Å². The minimum Gasteiger partial charge on any atom is -0.347 e. The molecule has 2 aromatic rings. The lowest BCUT2D eigenvalue weighted by Crippen LogP contribution is -2.26. The maximum atomic E-state index is 14.5. The molecular formula is C20H28FN3O. The molecule has 1 N–H and O–H groups in total. The molecule has 25 heavy (non-hydrogen) atoms. The third-order valence-corrected chi connectivity index (χ3v) is 4.25. The minimum atomic E-state index is -0.516. The Morgan fingerprint density at radius 2 is 1.84 bits per heavy atom. The van der Waals surface area contributed by atoms with Gasteiger partial charge in [-0.05, 0) is 23.5 Å². The molecule has 5 heteroatoms. The summed E-state index contributed by atoms with van der Waals surface area (Å²) in [6.07, 6.45) is 0. The van der Waals surface area contributed by atoms with Gasteiger partial charge in [-0.3, -0.25) is 9.48 Å². The van der Waals surface area contributed by atoms with Crippen LogP contribution in [-0.2, 0) is 18.5 Å². The van der Waals surface area contributed by atoms with Crippen LogP contribution in [0.1, 0.15) is 74.8 Å². The van der Waals surface area contributed by atoms with Gasteiger partial charge in [0.05, 0.1) is 0 Å². The van der Waals surface area contributed by atoms with Crippen molar-refractivity contribution in [1.29, 1.82) is 0 Å². The van der Waals surface area contributed by atoms with Crippen molar-refractivity contribution in [3.63, 3.8) is 0 Å². The normalized spacial score (nSPS) is 11.8. The van der Waals surface area contributed by atoms with Gasteiger partial charge < -0.3 is 5.32 Å². The number of benzene rings is 1. The zero-order chi connectivity index (χ0) is 18.8. The first-order valence-corrected chi connectivity index (χ1v) is 8.79. The molecule has 0 fully saturated rings. The highest BCUT2D eigenvalue weighted by Crippen LogP contribution is 2.23. The van der Waals surface area contributed by atoms with Gasteiger partial charge in [-0.15, -0.1) is 0 Å². The molecule has 0 bridgehead atoms. The maximum Gasteiger partial charge on any atom is 0.272 e. The highest BCUT2D eigenvalue weighted by molar-refractivity contribution is 5.93. The van der Waals surface area contributed by atoms with Gasteiger partial charge in [-0.2, -0.15) is 5.10 Å². The summed E-state index contributed by atoms with van der Waals surface area (Å²) in [4.78, 5) is 12.5. The molecule has 0 aliphatic carbocycles. The Kier molecular flexibility index (Phi) is 5.65. The van der Waals surface area contributed by atoms with Crippen LogP contribution in [0.2, 0.25) is 0 Å². The van der Waals surface area contributed by atoms with Crippen molar-refractivity contribution in [2.75, 3.05) is 0 Å². The first-order chi connectivity index (χ1) is 11.6. The summed E-state index contributed by atoms with van der Waals surface area (Å²) in [7, 11) is 0. The van der Waals surface area contributed by atoms with Crippen LogP contribution >= 0.6 is 0 Å². The summed E-state index contributed by atoms with van der Waals surface area (Å²) in [6, 6.07) is 8.12. The highest BCUT2D eigenvalue weighted by atomic mass is 19.1. The Labute approximate surface area is 149 Å². The van der Waals surface area contributed by atoms with E-state index in [0.717, 1.165) is 5.56 Å². The summed E-state index contributed by atoms with van der Waals surface area (Å²) in [5.41, 5.74) is 2.65. The molecular weight excluding hydrogens is 317 g/mol. The number of nitrogens with zero attached hydrogens (tertiary/aromatic N) is 2. The average molecular weight is 345 g/mol. The van der Waals surface area contributed by atoms with E-state index in [-0.39, 0.29) is 17.0 Å². The van der Waals surface area contributed by atoms with Gasteiger partial charge in [0.15, 0.2) is 11.5 Å². The monoisotopic (exact) mass is 345 g/mol. The van der Waals surface area contributed by atoms with Gasteiger partial charge in [0.1, 0.15) is 5.69 Å². The Morgan fingerprint density at radius 3 is 2.32 bits per heavy atom. The first kappa shape index (κ1) is 19.2. The summed E-state index contributed by atoms with van der Waals surface area (Å²) in [5.74, 6) is -1.01. The van der Waals surface area contributed by atoms with Crippen LogP contribution in [0.4, 0.5) is 4.39 Å². The second-order valence-electron chi connectivity index (χ2n) is 7.65. The second kappa shape index (κ2) is 7.38. The molecule has 0 spiro atoms. The number of aryl methyl sites for hydroxylation is 1. The fourth-order valence-corrected chi connectivity index (χ4v) is 2.66. The molecule has 0 aliphatic rings. The van der Waals surface area contributed by atoms with E-state index in [1.54, 1.807) is 0 Å². The van der Waals surface area contributed by atoms with E-state index < -0.39 is 11.7 Å². The molecule has 1 aromatic heterocycles. The molecule has 2 rings (SSSR count). The molecule has 0 radical (unpaired) electrons. The molecule has 4 nitrogen and oxygen atoms in total. The SMILES string of the molecule is CCn1nc(C(C)C)c(F)c1C(=O)NCc1ccc(C(C)(C)C)cc1. The van der Waals surface area contributed by atoms with E-state index in [4.69, 9.17) is 0 Å². The predicted octanol–water partition coefficient (Wildman–Crippen LogP) is 4.39. The molecule has 1 amide bonds. The van der Waals surface area contributed by atoms with Crippen molar-refractivity contribution in [3.05, 3.63) is 52.6 Å². The van der Waals surface area contributed by atoms with Crippen LogP contribution in [0.25, 0.3) is 0 Å². The summed E-state index contributed by atoms with van der Waals surface area (Å²) in [6.45, 7) is 12.9. The molecule has 136 valence electrons. The van der Waals surface area contributed by atoms with E-state index in [1.807, 2.05) is 32.9 Å². The standard InChI is InChI=1S/C20H28FN3O/c1-7-24-18(16(21)17(23-24)13(2)3)19(25)22-12-14-8-10-15(11-9-14)20(4,5)6/h8-11,13H,7,12H2,1-6H3,(H,22,25). The topological polar surface area (TPSA) is 46.9 Å². The lowest BCUT2D eigenvalue weighted by Gasteiger charge is -2.19. The van der Waals surface area contributed by atoms with Crippen LogP contribution < -0.4 is 5.32 Å². The van der Waals surface area contributed by atoms with E-state index in [9.17, 15) is 9.18 Å². The maximum absolute atomic E-state index is 14.5. The number of carbonyl (C=O) groups is 1. The molecule has 0 atom stereocenters. The molecule has 0 unspecified atom stereocenters. The zero-order valence-electron chi connectivity index (χ0n) is 16.0. The number of hydrogen-bond donors (Lipinski definition) is 1. The van der Waals surface area contributed by atoms with Crippen molar-refractivity contribution < 1.29 is 9.18 Å². The molecule has 0 saturated heterocycles. The molecule has 1 heterocycles. The zero-order valence-corrected chi connectivity index (χ0v) is 16.0. The fourth-order valence-electron chi connectivity index (χ4n) is 2.66. The number of aromatic nitrogens is 2. The number of halogens is 1. The van der Waals surface area contributed by atoms with Crippen molar-refractivity contribution in [3.8, 4) is 0 Å². The number of nitrogens with one attached hydrogen (secondary N) is 1. The smallest absolute Gasteiger partial charge is 0.272 e. The van der Waals surface area contributed by atoms with Crippen molar-refractivity contribution in [2.24, 2.45) is 0 Å². The van der Waals surface area contributed by atoms with Crippen molar-refractivity contribution in [1.82, 2.24) is 15.1 Å². The molecule has 0 saturated carbocycles. The van der Waals surface area contributed by atoms with Crippen LogP contribution in [-0.4, -0.2) is 15.7 Å². The summed E-state index contributed by atoms with van der Waals surface area (Å²) < 4.78 is 16.0. The molecule has 0 aliphatic heterocycles. The fraction of sp³-hybridized carbons (Fsp3) is 0.500. The Bertz CT molecular complexity index is 740. The number of amides is 1. The largest absolute Gasteiger partial charge is 0.347 e. The summed E-state index contributed by atoms with van der Waals surface area (Å²) >= 11 is 0. The van der Waals surface area contributed by atoms with Crippen LogP contribution in [0.15, 0.2) is 24.3 Å². The van der Waals surface area contributed by atoms with Crippen LogP contribution in [0.5, 0.6) is 0 Å². The minimum absolute atomic E-state index is 0.0116. The first-order valence-electron chi connectivity index (χ1n) is 8.79. The predicted molar refractivity (Wildman–Crippen MR) is 98.3 cm³/mol. The quantitative estimate of drug-likeness (QED) is 0.873. The van der Waals surface area contributed by atoms with E-state index in [2.05, 4.69) is 43.3 Å². The van der Waals surface area contributed by atoms with Gasteiger partial charge in [0.2, 0.25) is 0 Å². The van der Waals surface area contributed by atoms with E-state index in [0.29, 0.717) is 18.8 Å². The van der Waals surface area contributed by atoms with Gasteiger partial charge in [0.25, 0.3) is 5.91 Å². The Balaban J connectivity index is 2.13. The van der Waals surface area contributed by atoms with Gasteiger partial charge >= 0.3 is 0 Å². The Morgan fingerprint density at radius 1 is 1.24 bits per heavy atom. The highest BCUT2D eigenvalue weighted by Gasteiger charge is 2.24. The number of carbonyl (C=O) groups excluding carboxylic acids is 1. The lowest BCUT2D eigenvalue weighted by atomic mass is 9.87. The summed E-state index contributed by atoms with van der Waals surface area (Å²) in [5, 5.41) is 7.02. The van der Waals surface area contributed by atoms with Gasteiger partial charge in [-0.25, -0.2) is 4.39 Å². The second-order valence-corrected chi connectivity index (χ2v) is 7.65.